The molecule has 0 aliphatic rings. The van der Waals surface area contributed by atoms with Gasteiger partial charge < -0.3 is 10.8 Å². The van der Waals surface area contributed by atoms with Crippen molar-refractivity contribution < 1.29 is 5.11 Å². The maximum absolute atomic E-state index is 9.45. The van der Waals surface area contributed by atoms with E-state index in [0.29, 0.717) is 5.92 Å². The van der Waals surface area contributed by atoms with Crippen molar-refractivity contribution in [1.29, 1.82) is 0 Å². The van der Waals surface area contributed by atoms with Gasteiger partial charge in [-0.25, -0.2) is 0 Å². The fourth-order valence-corrected chi connectivity index (χ4v) is 1.33. The van der Waals surface area contributed by atoms with Crippen molar-refractivity contribution in [1.82, 2.24) is 0 Å². The third-order valence-corrected chi connectivity index (χ3v) is 2.65. The minimum atomic E-state index is -0.210. The van der Waals surface area contributed by atoms with Crippen LogP contribution >= 0.6 is 0 Å². The molecule has 0 saturated heterocycles. The summed E-state index contributed by atoms with van der Waals surface area (Å²) < 4.78 is 0. The molecule has 0 aromatic heterocycles. The zero-order chi connectivity index (χ0) is 12.4. The summed E-state index contributed by atoms with van der Waals surface area (Å²) >= 11 is 0. The largest absolute Gasteiger partial charge is 0.402 e. The van der Waals surface area contributed by atoms with E-state index in [1.54, 1.807) is 0 Å². The Morgan fingerprint density at radius 3 is 2.07 bits per heavy atom. The van der Waals surface area contributed by atoms with Gasteiger partial charge in [0.1, 0.15) is 0 Å². The third kappa shape index (κ3) is 7.43. The first-order chi connectivity index (χ1) is 7.02. The molecule has 15 heavy (non-hydrogen) atoms. The van der Waals surface area contributed by atoms with Gasteiger partial charge in [-0.1, -0.05) is 40.2 Å². The van der Waals surface area contributed by atoms with Crippen molar-refractivity contribution in [3.8, 4) is 0 Å². The zero-order valence-corrected chi connectivity index (χ0v) is 11.3. The maximum Gasteiger partial charge on any atom is 0.0543 e. The van der Waals surface area contributed by atoms with Crippen molar-refractivity contribution in [2.75, 3.05) is 0 Å². The number of rotatable bonds is 5. The quantitative estimate of drug-likeness (QED) is 0.738. The highest BCUT2D eigenvalue weighted by molar-refractivity contribution is 5.10. The van der Waals surface area contributed by atoms with E-state index >= 15 is 0 Å². The molecular formula is C13H29NO. The Morgan fingerprint density at radius 1 is 1.27 bits per heavy atom. The Morgan fingerprint density at radius 2 is 1.73 bits per heavy atom. The molecule has 2 heteroatoms. The van der Waals surface area contributed by atoms with E-state index < -0.39 is 0 Å². The van der Waals surface area contributed by atoms with E-state index in [1.807, 2.05) is 20.8 Å². The van der Waals surface area contributed by atoms with Gasteiger partial charge in [-0.2, -0.15) is 0 Å². The second kappa shape index (κ2) is 10.0. The third-order valence-electron chi connectivity index (χ3n) is 2.65. The molecular weight excluding hydrogens is 186 g/mol. The summed E-state index contributed by atoms with van der Waals surface area (Å²) in [6.45, 7) is 12.2. The summed E-state index contributed by atoms with van der Waals surface area (Å²) in [7, 11) is 0. The van der Waals surface area contributed by atoms with E-state index in [4.69, 9.17) is 5.73 Å². The lowest BCUT2D eigenvalue weighted by molar-refractivity contribution is 0.147. The van der Waals surface area contributed by atoms with Crippen LogP contribution in [0.5, 0.6) is 0 Å². The van der Waals surface area contributed by atoms with Gasteiger partial charge in [0, 0.05) is 5.70 Å². The molecule has 0 spiro atoms. The fraction of sp³-hybridized carbons (Fsp3) is 0.846. The van der Waals surface area contributed by atoms with Gasteiger partial charge in [0.05, 0.1) is 6.10 Å². The van der Waals surface area contributed by atoms with Gasteiger partial charge in [0.2, 0.25) is 0 Å². The van der Waals surface area contributed by atoms with Crippen LogP contribution in [0.3, 0.4) is 0 Å². The lowest BCUT2D eigenvalue weighted by Crippen LogP contribution is -2.17. The van der Waals surface area contributed by atoms with Crippen LogP contribution in [0.1, 0.15) is 60.8 Å². The first kappa shape index (κ1) is 16.9. The number of aliphatic hydroxyl groups is 1. The highest BCUT2D eigenvalue weighted by Gasteiger charge is 2.12. The Kier molecular flexibility index (Phi) is 11.3. The van der Waals surface area contributed by atoms with Crippen LogP contribution in [-0.4, -0.2) is 11.2 Å². The zero-order valence-electron chi connectivity index (χ0n) is 11.3. The molecule has 3 N–H and O–H groups in total. The lowest BCUT2D eigenvalue weighted by Gasteiger charge is -2.17. The topological polar surface area (TPSA) is 46.2 Å². The van der Waals surface area contributed by atoms with Gasteiger partial charge in [0.25, 0.3) is 0 Å². The maximum atomic E-state index is 9.45. The Labute approximate surface area is 95.6 Å². The van der Waals surface area contributed by atoms with Gasteiger partial charge in [0.15, 0.2) is 0 Å². The second-order valence-corrected chi connectivity index (χ2v) is 3.79. The number of allylic oxidation sites excluding steroid dienone is 2. The summed E-state index contributed by atoms with van der Waals surface area (Å²) in [4.78, 5) is 0. The molecule has 0 aromatic rings. The van der Waals surface area contributed by atoms with Crippen LogP contribution in [0, 0.1) is 5.92 Å². The van der Waals surface area contributed by atoms with Crippen molar-refractivity contribution in [2.24, 2.45) is 11.7 Å². The van der Waals surface area contributed by atoms with Crippen molar-refractivity contribution >= 4 is 0 Å². The minimum absolute atomic E-state index is 0.210. The molecule has 0 bridgehead atoms. The second-order valence-electron chi connectivity index (χ2n) is 3.79. The number of hydrogen-bond acceptors (Lipinski definition) is 2. The van der Waals surface area contributed by atoms with Crippen LogP contribution < -0.4 is 5.73 Å². The van der Waals surface area contributed by atoms with Gasteiger partial charge in [-0.05, 0) is 32.1 Å². The summed E-state index contributed by atoms with van der Waals surface area (Å²) in [5.74, 6) is 0.301. The summed E-state index contributed by atoms with van der Waals surface area (Å²) in [6, 6.07) is 0. The molecule has 92 valence electrons. The molecule has 2 atom stereocenters. The lowest BCUT2D eigenvalue weighted by atomic mass is 9.95. The predicted octanol–water partition coefficient (Wildman–Crippen LogP) is 3.45. The molecule has 1 unspecified atom stereocenters. The summed E-state index contributed by atoms with van der Waals surface area (Å²) in [5, 5.41) is 9.45. The summed E-state index contributed by atoms with van der Waals surface area (Å²) in [6.07, 6.45) is 2.37. The van der Waals surface area contributed by atoms with Crippen LogP contribution in [0.25, 0.3) is 0 Å². The molecule has 0 aromatic carbocycles. The van der Waals surface area contributed by atoms with E-state index in [9.17, 15) is 5.11 Å². The molecule has 0 saturated carbocycles. The average molecular weight is 215 g/mol. The van der Waals surface area contributed by atoms with Gasteiger partial charge in [-0.3, -0.25) is 0 Å². The fourth-order valence-electron chi connectivity index (χ4n) is 1.33. The van der Waals surface area contributed by atoms with Crippen LogP contribution in [0.2, 0.25) is 0 Å². The van der Waals surface area contributed by atoms with E-state index in [-0.39, 0.29) is 6.10 Å². The van der Waals surface area contributed by atoms with Crippen molar-refractivity contribution in [3.05, 3.63) is 11.3 Å². The van der Waals surface area contributed by atoms with E-state index in [1.165, 1.54) is 5.57 Å². The average Bonchev–Trinajstić information content (AvgIpc) is 2.29. The van der Waals surface area contributed by atoms with Crippen LogP contribution in [0.4, 0.5) is 0 Å². The molecule has 2 nitrogen and oxygen atoms in total. The summed E-state index contributed by atoms with van der Waals surface area (Å²) in [5.41, 5.74) is 8.14. The molecule has 0 fully saturated rings. The first-order valence-corrected chi connectivity index (χ1v) is 6.16. The SMILES string of the molecule is CC.CC/C(C)=C(\N)C(C)C[C@@H](O)CC. The van der Waals surface area contributed by atoms with Crippen molar-refractivity contribution in [3.63, 3.8) is 0 Å². The smallest absolute Gasteiger partial charge is 0.0543 e. The van der Waals surface area contributed by atoms with Crippen molar-refractivity contribution in [2.45, 2.75) is 66.9 Å². The highest BCUT2D eigenvalue weighted by Crippen LogP contribution is 2.18. The minimum Gasteiger partial charge on any atom is -0.402 e. The molecule has 0 rings (SSSR count). The molecule has 0 heterocycles. The number of hydrogen-bond donors (Lipinski definition) is 2. The highest BCUT2D eigenvalue weighted by atomic mass is 16.3. The molecule has 0 aliphatic heterocycles. The van der Waals surface area contributed by atoms with Gasteiger partial charge >= 0.3 is 0 Å². The van der Waals surface area contributed by atoms with Gasteiger partial charge in [-0.15, -0.1) is 0 Å². The molecule has 0 radical (unpaired) electrons. The van der Waals surface area contributed by atoms with Crippen LogP contribution in [0.15, 0.2) is 11.3 Å². The molecule has 0 amide bonds. The predicted molar refractivity (Wildman–Crippen MR) is 68.6 cm³/mol. The van der Waals surface area contributed by atoms with Crippen LogP contribution in [-0.2, 0) is 0 Å². The number of aliphatic hydroxyl groups excluding tert-OH is 1. The Bertz CT molecular complexity index is 175. The standard InChI is InChI=1S/C11H23NO.C2H6/c1-5-8(3)11(12)9(4)7-10(13)6-2;1-2/h9-10,13H,5-7,12H2,1-4H3;1-2H3/b11-8-;/t9?,10-;/m0./s1. The van der Waals surface area contributed by atoms with E-state index in [0.717, 1.165) is 25.0 Å². The Balaban J connectivity index is 0. The number of nitrogens with two attached hydrogens (primary N) is 1. The van der Waals surface area contributed by atoms with E-state index in [2.05, 4.69) is 20.8 Å². The first-order valence-electron chi connectivity index (χ1n) is 6.16. The molecule has 0 aliphatic carbocycles. The normalized spacial score (nSPS) is 15.9. The monoisotopic (exact) mass is 215 g/mol. The Hall–Kier alpha value is -0.500.